The zero-order chi connectivity index (χ0) is 11.2. The lowest BCUT2D eigenvalue weighted by atomic mass is 9.74. The molecule has 1 aliphatic rings. The van der Waals surface area contributed by atoms with Crippen molar-refractivity contribution in [2.24, 2.45) is 5.92 Å². The minimum Gasteiger partial charge on any atom is -0.325 e. The number of rotatable bonds is 1. The molecule has 15 heavy (non-hydrogen) atoms. The zero-order valence-corrected chi connectivity index (χ0v) is 9.10. The largest absolute Gasteiger partial charge is 0.325 e. The summed E-state index contributed by atoms with van der Waals surface area (Å²) < 4.78 is 13.0. The van der Waals surface area contributed by atoms with E-state index in [1.165, 1.54) is 12.1 Å². The highest BCUT2D eigenvalue weighted by Gasteiger charge is 2.44. The van der Waals surface area contributed by atoms with Crippen LogP contribution in [0.2, 0.25) is 0 Å². The molecule has 1 amide bonds. The second-order valence-electron chi connectivity index (χ2n) is 4.50. The van der Waals surface area contributed by atoms with Crippen LogP contribution < -0.4 is 5.32 Å². The lowest BCUT2D eigenvalue weighted by Gasteiger charge is -2.26. The SMILES string of the molecule is CC(C)C1(C)C(=O)Nc2cc(F)ccc21. The van der Waals surface area contributed by atoms with Crippen molar-refractivity contribution in [3.8, 4) is 0 Å². The van der Waals surface area contributed by atoms with Crippen molar-refractivity contribution in [2.75, 3.05) is 5.32 Å². The number of carbonyl (C=O) groups excluding carboxylic acids is 1. The van der Waals surface area contributed by atoms with Gasteiger partial charge in [0.2, 0.25) is 5.91 Å². The lowest BCUT2D eigenvalue weighted by Crippen LogP contribution is -2.36. The van der Waals surface area contributed by atoms with Gasteiger partial charge in [-0.05, 0) is 30.5 Å². The number of hydrogen-bond donors (Lipinski definition) is 1. The Bertz CT molecular complexity index is 428. The third kappa shape index (κ3) is 1.26. The van der Waals surface area contributed by atoms with Gasteiger partial charge in [-0.25, -0.2) is 4.39 Å². The molecule has 0 fully saturated rings. The summed E-state index contributed by atoms with van der Waals surface area (Å²) in [6.07, 6.45) is 0. The monoisotopic (exact) mass is 207 g/mol. The van der Waals surface area contributed by atoms with Crippen LogP contribution in [0.4, 0.5) is 10.1 Å². The first-order valence-electron chi connectivity index (χ1n) is 5.07. The summed E-state index contributed by atoms with van der Waals surface area (Å²) in [6, 6.07) is 4.48. The minimum absolute atomic E-state index is 0.0434. The second kappa shape index (κ2) is 3.05. The molecular formula is C12H14FNO. The number of benzene rings is 1. The summed E-state index contributed by atoms with van der Waals surface area (Å²) in [5, 5.41) is 2.73. The van der Waals surface area contributed by atoms with Crippen LogP contribution in [0.15, 0.2) is 18.2 Å². The van der Waals surface area contributed by atoms with E-state index in [-0.39, 0.29) is 17.6 Å². The molecule has 0 bridgehead atoms. The molecule has 1 unspecified atom stereocenters. The molecule has 0 aliphatic carbocycles. The molecule has 1 atom stereocenters. The Balaban J connectivity index is 2.60. The second-order valence-corrected chi connectivity index (χ2v) is 4.50. The van der Waals surface area contributed by atoms with E-state index in [4.69, 9.17) is 0 Å². The maximum absolute atomic E-state index is 13.0. The standard InChI is InChI=1S/C12H14FNO/c1-7(2)12(3)9-5-4-8(13)6-10(9)14-11(12)15/h4-7H,1-3H3,(H,14,15). The summed E-state index contributed by atoms with van der Waals surface area (Å²) in [4.78, 5) is 11.9. The third-order valence-corrected chi connectivity index (χ3v) is 3.42. The molecule has 1 heterocycles. The molecule has 0 saturated carbocycles. The lowest BCUT2D eigenvalue weighted by molar-refractivity contribution is -0.121. The van der Waals surface area contributed by atoms with Crippen LogP contribution in [0.25, 0.3) is 0 Å². The molecule has 1 aromatic carbocycles. The summed E-state index contributed by atoms with van der Waals surface area (Å²) in [6.45, 7) is 5.90. The van der Waals surface area contributed by atoms with Gasteiger partial charge in [0.25, 0.3) is 0 Å². The van der Waals surface area contributed by atoms with Crippen molar-refractivity contribution in [1.29, 1.82) is 0 Å². The molecule has 80 valence electrons. The Hall–Kier alpha value is -1.38. The highest BCUT2D eigenvalue weighted by Crippen LogP contribution is 2.42. The number of amides is 1. The zero-order valence-electron chi connectivity index (χ0n) is 9.10. The van der Waals surface area contributed by atoms with Crippen molar-refractivity contribution >= 4 is 11.6 Å². The van der Waals surface area contributed by atoms with Gasteiger partial charge >= 0.3 is 0 Å². The number of nitrogens with one attached hydrogen (secondary N) is 1. The molecule has 0 saturated heterocycles. The number of anilines is 1. The highest BCUT2D eigenvalue weighted by atomic mass is 19.1. The van der Waals surface area contributed by atoms with E-state index >= 15 is 0 Å². The Kier molecular flexibility index (Phi) is 2.07. The Labute approximate surface area is 88.5 Å². The van der Waals surface area contributed by atoms with Crippen molar-refractivity contribution in [3.05, 3.63) is 29.6 Å². The molecule has 2 rings (SSSR count). The van der Waals surface area contributed by atoms with Gasteiger partial charge in [0.05, 0.1) is 5.41 Å². The summed E-state index contributed by atoms with van der Waals surface area (Å²) >= 11 is 0. The molecule has 1 N–H and O–H groups in total. The first-order chi connectivity index (χ1) is 6.96. The third-order valence-electron chi connectivity index (χ3n) is 3.42. The van der Waals surface area contributed by atoms with Crippen LogP contribution in [0, 0.1) is 11.7 Å². The predicted octanol–water partition coefficient (Wildman–Crippen LogP) is 2.69. The fourth-order valence-electron chi connectivity index (χ4n) is 2.02. The molecular weight excluding hydrogens is 193 g/mol. The number of halogens is 1. The van der Waals surface area contributed by atoms with Crippen LogP contribution in [0.5, 0.6) is 0 Å². The summed E-state index contributed by atoms with van der Waals surface area (Å²) in [5.74, 6) is -0.177. The average molecular weight is 207 g/mol. The number of hydrogen-bond acceptors (Lipinski definition) is 1. The molecule has 0 radical (unpaired) electrons. The normalized spacial score (nSPS) is 24.2. The topological polar surface area (TPSA) is 29.1 Å². The maximum atomic E-state index is 13.0. The number of carbonyl (C=O) groups is 1. The van der Waals surface area contributed by atoms with E-state index in [0.29, 0.717) is 5.69 Å². The summed E-state index contributed by atoms with van der Waals surface area (Å²) in [5.41, 5.74) is 0.961. The van der Waals surface area contributed by atoms with Gasteiger partial charge in [-0.15, -0.1) is 0 Å². The Morgan fingerprint density at radius 2 is 2.07 bits per heavy atom. The van der Waals surface area contributed by atoms with E-state index in [0.717, 1.165) is 5.56 Å². The van der Waals surface area contributed by atoms with Gasteiger partial charge < -0.3 is 5.32 Å². The van der Waals surface area contributed by atoms with E-state index in [9.17, 15) is 9.18 Å². The molecule has 3 heteroatoms. The van der Waals surface area contributed by atoms with Gasteiger partial charge in [0.15, 0.2) is 0 Å². The van der Waals surface area contributed by atoms with Crippen molar-refractivity contribution in [2.45, 2.75) is 26.2 Å². The fraction of sp³-hybridized carbons (Fsp3) is 0.417. The van der Waals surface area contributed by atoms with Crippen LogP contribution in [-0.4, -0.2) is 5.91 Å². The van der Waals surface area contributed by atoms with Gasteiger partial charge in [-0.3, -0.25) is 4.79 Å². The Morgan fingerprint density at radius 1 is 1.40 bits per heavy atom. The van der Waals surface area contributed by atoms with Crippen LogP contribution in [0.1, 0.15) is 26.3 Å². The first kappa shape index (κ1) is 10.1. The van der Waals surface area contributed by atoms with Crippen molar-refractivity contribution < 1.29 is 9.18 Å². The first-order valence-corrected chi connectivity index (χ1v) is 5.07. The van der Waals surface area contributed by atoms with E-state index in [1.54, 1.807) is 6.07 Å². The van der Waals surface area contributed by atoms with E-state index < -0.39 is 5.41 Å². The quantitative estimate of drug-likeness (QED) is 0.753. The molecule has 1 aliphatic heterocycles. The molecule has 2 nitrogen and oxygen atoms in total. The van der Waals surface area contributed by atoms with Crippen molar-refractivity contribution in [1.82, 2.24) is 0 Å². The maximum Gasteiger partial charge on any atom is 0.235 e. The fourth-order valence-corrected chi connectivity index (χ4v) is 2.02. The number of fused-ring (bicyclic) bond motifs is 1. The highest BCUT2D eigenvalue weighted by molar-refractivity contribution is 6.06. The minimum atomic E-state index is -0.539. The van der Waals surface area contributed by atoms with Crippen LogP contribution in [-0.2, 0) is 10.2 Å². The van der Waals surface area contributed by atoms with Crippen LogP contribution >= 0.6 is 0 Å². The predicted molar refractivity (Wildman–Crippen MR) is 57.2 cm³/mol. The molecule has 0 spiro atoms. The van der Waals surface area contributed by atoms with E-state index in [2.05, 4.69) is 5.32 Å². The van der Waals surface area contributed by atoms with Gasteiger partial charge in [-0.2, -0.15) is 0 Å². The van der Waals surface area contributed by atoms with Crippen LogP contribution in [0.3, 0.4) is 0 Å². The van der Waals surface area contributed by atoms with Crippen molar-refractivity contribution in [3.63, 3.8) is 0 Å². The molecule has 0 aromatic heterocycles. The summed E-state index contributed by atoms with van der Waals surface area (Å²) in [7, 11) is 0. The Morgan fingerprint density at radius 3 is 2.67 bits per heavy atom. The smallest absolute Gasteiger partial charge is 0.235 e. The van der Waals surface area contributed by atoms with Gasteiger partial charge in [0.1, 0.15) is 5.82 Å². The van der Waals surface area contributed by atoms with E-state index in [1.807, 2.05) is 20.8 Å². The van der Waals surface area contributed by atoms with Gasteiger partial charge in [-0.1, -0.05) is 19.9 Å². The van der Waals surface area contributed by atoms with Gasteiger partial charge in [0, 0.05) is 5.69 Å². The average Bonchev–Trinajstić information content (AvgIpc) is 2.39. The molecule has 1 aromatic rings.